The standard InChI is InChI=1S/C17H34O3S/c1-8-9-15(5)19-10-11-20-16(18)14(4)12-21-17(6,7)13(2)3/h13-15H,8-12H2,1-7H3. The highest BCUT2D eigenvalue weighted by molar-refractivity contribution is 8.00. The van der Waals surface area contributed by atoms with Crippen molar-refractivity contribution in [2.45, 2.75) is 72.2 Å². The van der Waals surface area contributed by atoms with Crippen LogP contribution in [0.2, 0.25) is 0 Å². The fraction of sp³-hybridized carbons (Fsp3) is 0.941. The molecule has 0 aromatic heterocycles. The number of carbonyl (C=O) groups excluding carboxylic acids is 1. The smallest absolute Gasteiger partial charge is 0.309 e. The highest BCUT2D eigenvalue weighted by atomic mass is 32.2. The van der Waals surface area contributed by atoms with E-state index < -0.39 is 0 Å². The molecule has 126 valence electrons. The Labute approximate surface area is 135 Å². The summed E-state index contributed by atoms with van der Waals surface area (Å²) in [6.45, 7) is 15.9. The summed E-state index contributed by atoms with van der Waals surface area (Å²) in [7, 11) is 0. The van der Waals surface area contributed by atoms with E-state index in [4.69, 9.17) is 9.47 Å². The van der Waals surface area contributed by atoms with E-state index in [9.17, 15) is 4.79 Å². The third-order valence-electron chi connectivity index (χ3n) is 3.92. The molecule has 0 N–H and O–H groups in total. The van der Waals surface area contributed by atoms with Gasteiger partial charge in [0, 0.05) is 10.5 Å². The predicted molar refractivity (Wildman–Crippen MR) is 91.8 cm³/mol. The lowest BCUT2D eigenvalue weighted by Crippen LogP contribution is -2.27. The number of esters is 1. The molecule has 3 nitrogen and oxygen atoms in total. The van der Waals surface area contributed by atoms with E-state index in [1.54, 1.807) is 0 Å². The molecule has 0 aliphatic carbocycles. The molecule has 0 amide bonds. The first-order valence-corrected chi connectivity index (χ1v) is 9.11. The molecule has 0 rings (SSSR count). The van der Waals surface area contributed by atoms with Crippen LogP contribution in [0.15, 0.2) is 0 Å². The minimum absolute atomic E-state index is 0.0684. The Morgan fingerprint density at radius 3 is 2.29 bits per heavy atom. The van der Waals surface area contributed by atoms with Crippen molar-refractivity contribution < 1.29 is 14.3 Å². The minimum Gasteiger partial charge on any atom is -0.463 e. The molecule has 4 heteroatoms. The summed E-state index contributed by atoms with van der Waals surface area (Å²) in [5, 5.41) is 0. The summed E-state index contributed by atoms with van der Waals surface area (Å²) < 4.78 is 11.0. The summed E-state index contributed by atoms with van der Waals surface area (Å²) in [6.07, 6.45) is 2.40. The summed E-state index contributed by atoms with van der Waals surface area (Å²) in [6, 6.07) is 0. The average Bonchev–Trinajstić information content (AvgIpc) is 2.40. The van der Waals surface area contributed by atoms with E-state index in [-0.39, 0.29) is 22.7 Å². The lowest BCUT2D eigenvalue weighted by Gasteiger charge is -2.29. The number of carbonyl (C=O) groups is 1. The second kappa shape index (κ2) is 10.5. The molecule has 0 bridgehead atoms. The second-order valence-electron chi connectivity index (χ2n) is 6.61. The number of hydrogen-bond donors (Lipinski definition) is 0. The van der Waals surface area contributed by atoms with Crippen LogP contribution in [0.3, 0.4) is 0 Å². The molecule has 0 spiro atoms. The third kappa shape index (κ3) is 9.41. The topological polar surface area (TPSA) is 35.5 Å². The van der Waals surface area contributed by atoms with Crippen molar-refractivity contribution in [3.8, 4) is 0 Å². The van der Waals surface area contributed by atoms with Crippen molar-refractivity contribution in [3.63, 3.8) is 0 Å². The van der Waals surface area contributed by atoms with Gasteiger partial charge in [-0.1, -0.05) is 48.0 Å². The van der Waals surface area contributed by atoms with Crippen LogP contribution in [0.25, 0.3) is 0 Å². The van der Waals surface area contributed by atoms with E-state index in [1.807, 2.05) is 18.7 Å². The molecule has 21 heavy (non-hydrogen) atoms. The molecular formula is C17H34O3S. The van der Waals surface area contributed by atoms with Crippen molar-refractivity contribution in [1.82, 2.24) is 0 Å². The highest BCUT2D eigenvalue weighted by Crippen LogP contribution is 2.33. The summed E-state index contributed by atoms with van der Waals surface area (Å²) in [5.74, 6) is 1.20. The largest absolute Gasteiger partial charge is 0.463 e. The van der Waals surface area contributed by atoms with Crippen molar-refractivity contribution >= 4 is 17.7 Å². The van der Waals surface area contributed by atoms with Gasteiger partial charge in [-0.15, -0.1) is 0 Å². The molecule has 0 saturated carbocycles. The Balaban J connectivity index is 3.86. The number of hydrogen-bond acceptors (Lipinski definition) is 4. The van der Waals surface area contributed by atoms with Gasteiger partial charge >= 0.3 is 5.97 Å². The van der Waals surface area contributed by atoms with E-state index >= 15 is 0 Å². The first kappa shape index (κ1) is 20.8. The third-order valence-corrected chi connectivity index (χ3v) is 5.81. The Kier molecular flexibility index (Phi) is 10.4. The number of ether oxygens (including phenoxy) is 2. The lowest BCUT2D eigenvalue weighted by atomic mass is 10.00. The quantitative estimate of drug-likeness (QED) is 0.414. The van der Waals surface area contributed by atoms with Crippen LogP contribution in [0.4, 0.5) is 0 Å². The molecule has 2 unspecified atom stereocenters. The fourth-order valence-corrected chi connectivity index (χ4v) is 2.75. The van der Waals surface area contributed by atoms with Crippen LogP contribution in [0, 0.1) is 11.8 Å². The van der Waals surface area contributed by atoms with Crippen molar-refractivity contribution in [1.29, 1.82) is 0 Å². The maximum absolute atomic E-state index is 11.9. The Bertz CT molecular complexity index is 290. The van der Waals surface area contributed by atoms with Crippen LogP contribution in [-0.4, -0.2) is 35.8 Å². The van der Waals surface area contributed by atoms with Gasteiger partial charge in [0.05, 0.1) is 18.6 Å². The fourth-order valence-electron chi connectivity index (χ4n) is 1.60. The van der Waals surface area contributed by atoms with E-state index in [1.165, 1.54) is 0 Å². The normalized spacial score (nSPS) is 15.0. The minimum atomic E-state index is -0.117. The van der Waals surface area contributed by atoms with Gasteiger partial charge in [0.15, 0.2) is 0 Å². The molecular weight excluding hydrogens is 284 g/mol. The molecule has 0 aromatic rings. The zero-order valence-corrected chi connectivity index (χ0v) is 15.7. The zero-order valence-electron chi connectivity index (χ0n) is 14.9. The predicted octanol–water partition coefficient (Wildman–Crippen LogP) is 4.54. The van der Waals surface area contributed by atoms with Gasteiger partial charge in [-0.05, 0) is 19.3 Å². The molecule has 0 aliphatic rings. The van der Waals surface area contributed by atoms with E-state index in [2.05, 4.69) is 41.5 Å². The Morgan fingerprint density at radius 2 is 1.76 bits per heavy atom. The average molecular weight is 319 g/mol. The summed E-state index contributed by atoms with van der Waals surface area (Å²) >= 11 is 1.84. The van der Waals surface area contributed by atoms with Crippen LogP contribution < -0.4 is 0 Å². The molecule has 0 aliphatic heterocycles. The Morgan fingerprint density at radius 1 is 1.14 bits per heavy atom. The van der Waals surface area contributed by atoms with Crippen LogP contribution in [0.1, 0.15) is 61.3 Å². The number of rotatable bonds is 11. The maximum Gasteiger partial charge on any atom is 0.309 e. The lowest BCUT2D eigenvalue weighted by molar-refractivity contribution is -0.149. The summed E-state index contributed by atoms with van der Waals surface area (Å²) in [5.41, 5.74) is 0. The maximum atomic E-state index is 11.9. The van der Waals surface area contributed by atoms with E-state index in [0.717, 1.165) is 18.6 Å². The van der Waals surface area contributed by atoms with Gasteiger partial charge in [0.2, 0.25) is 0 Å². The van der Waals surface area contributed by atoms with Crippen molar-refractivity contribution in [2.24, 2.45) is 11.8 Å². The Hall–Kier alpha value is -0.220. The first-order chi connectivity index (χ1) is 9.70. The van der Waals surface area contributed by atoms with Crippen LogP contribution in [-0.2, 0) is 14.3 Å². The highest BCUT2D eigenvalue weighted by Gasteiger charge is 2.25. The van der Waals surface area contributed by atoms with Crippen molar-refractivity contribution in [2.75, 3.05) is 19.0 Å². The SMILES string of the molecule is CCCC(C)OCCOC(=O)C(C)CSC(C)(C)C(C)C. The van der Waals surface area contributed by atoms with Gasteiger partial charge in [0.1, 0.15) is 6.61 Å². The summed E-state index contributed by atoms with van der Waals surface area (Å²) in [4.78, 5) is 11.9. The van der Waals surface area contributed by atoms with Gasteiger partial charge in [-0.3, -0.25) is 4.79 Å². The monoisotopic (exact) mass is 318 g/mol. The molecule has 0 heterocycles. The zero-order chi connectivity index (χ0) is 16.5. The van der Waals surface area contributed by atoms with Crippen molar-refractivity contribution in [3.05, 3.63) is 0 Å². The van der Waals surface area contributed by atoms with Gasteiger partial charge in [-0.2, -0.15) is 11.8 Å². The van der Waals surface area contributed by atoms with Crippen LogP contribution in [0.5, 0.6) is 0 Å². The molecule has 0 fully saturated rings. The first-order valence-electron chi connectivity index (χ1n) is 8.12. The molecule has 0 aromatic carbocycles. The second-order valence-corrected chi connectivity index (χ2v) is 8.28. The van der Waals surface area contributed by atoms with Gasteiger partial charge < -0.3 is 9.47 Å². The molecule has 0 saturated heterocycles. The van der Waals surface area contributed by atoms with Crippen LogP contribution >= 0.6 is 11.8 Å². The molecule has 2 atom stereocenters. The van der Waals surface area contributed by atoms with E-state index in [0.29, 0.717) is 19.1 Å². The number of thioether (sulfide) groups is 1. The molecule has 0 radical (unpaired) electrons. The van der Waals surface area contributed by atoms with Gasteiger partial charge in [-0.25, -0.2) is 0 Å². The van der Waals surface area contributed by atoms with Gasteiger partial charge in [0.25, 0.3) is 0 Å².